The zero-order chi connectivity index (χ0) is 10.6. The van der Waals surface area contributed by atoms with Crippen molar-refractivity contribution in [3.63, 3.8) is 0 Å². The van der Waals surface area contributed by atoms with Gasteiger partial charge in [0.05, 0.1) is 7.11 Å². The third kappa shape index (κ3) is 2.11. The van der Waals surface area contributed by atoms with Crippen LogP contribution in [0.4, 0.5) is 8.78 Å². The second-order valence-corrected chi connectivity index (χ2v) is 2.53. The number of methoxy groups -OCH3 is 1. The largest absolute Gasteiger partial charge is 0.491 e. The van der Waals surface area contributed by atoms with E-state index in [4.69, 9.17) is 10.5 Å². The Kier molecular flexibility index (Phi) is 3.64. The Bertz CT molecular complexity index is 318. The summed E-state index contributed by atoms with van der Waals surface area (Å²) in [6.07, 6.45) is 0. The van der Waals surface area contributed by atoms with E-state index in [1.54, 1.807) is 0 Å². The fourth-order valence-corrected chi connectivity index (χ4v) is 0.982. The molecule has 1 aromatic rings. The van der Waals surface area contributed by atoms with Gasteiger partial charge in [-0.2, -0.15) is 4.39 Å². The van der Waals surface area contributed by atoms with Crippen LogP contribution in [0.25, 0.3) is 0 Å². The molecule has 2 N–H and O–H groups in total. The second kappa shape index (κ2) is 4.76. The third-order valence-corrected chi connectivity index (χ3v) is 1.59. The average molecular weight is 203 g/mol. The zero-order valence-electron chi connectivity index (χ0n) is 7.72. The maximum Gasteiger partial charge on any atom is 0.209 e. The van der Waals surface area contributed by atoms with Crippen molar-refractivity contribution < 1.29 is 18.3 Å². The van der Waals surface area contributed by atoms with E-state index in [1.165, 1.54) is 13.2 Å². The molecule has 0 amide bonds. The van der Waals surface area contributed by atoms with Crippen molar-refractivity contribution in [2.75, 3.05) is 20.3 Å². The quantitative estimate of drug-likeness (QED) is 0.802. The summed E-state index contributed by atoms with van der Waals surface area (Å²) < 4.78 is 35.7. The normalized spacial score (nSPS) is 10.0. The SMILES string of the molecule is COc1c(F)ccc(OCCN)c1F. The summed E-state index contributed by atoms with van der Waals surface area (Å²) in [7, 11) is 1.19. The van der Waals surface area contributed by atoms with E-state index in [2.05, 4.69) is 4.74 Å². The van der Waals surface area contributed by atoms with Crippen LogP contribution in [-0.4, -0.2) is 20.3 Å². The highest BCUT2D eigenvalue weighted by molar-refractivity contribution is 5.36. The third-order valence-electron chi connectivity index (χ3n) is 1.59. The molecule has 0 bridgehead atoms. The van der Waals surface area contributed by atoms with Gasteiger partial charge in [0.1, 0.15) is 6.61 Å². The van der Waals surface area contributed by atoms with Gasteiger partial charge in [-0.15, -0.1) is 0 Å². The van der Waals surface area contributed by atoms with Crippen LogP contribution in [-0.2, 0) is 0 Å². The van der Waals surface area contributed by atoms with Crippen LogP contribution in [0.1, 0.15) is 0 Å². The number of rotatable bonds is 4. The van der Waals surface area contributed by atoms with Gasteiger partial charge in [-0.1, -0.05) is 0 Å². The van der Waals surface area contributed by atoms with Crippen molar-refractivity contribution in [2.45, 2.75) is 0 Å². The van der Waals surface area contributed by atoms with Crippen molar-refractivity contribution in [1.29, 1.82) is 0 Å². The van der Waals surface area contributed by atoms with Crippen LogP contribution in [0.3, 0.4) is 0 Å². The summed E-state index contributed by atoms with van der Waals surface area (Å²) >= 11 is 0. The number of benzene rings is 1. The summed E-state index contributed by atoms with van der Waals surface area (Å²) in [5.41, 5.74) is 5.17. The molecule has 0 saturated carbocycles. The first-order valence-corrected chi connectivity index (χ1v) is 4.05. The molecule has 0 aromatic heterocycles. The molecule has 78 valence electrons. The number of nitrogens with two attached hydrogens (primary N) is 1. The second-order valence-electron chi connectivity index (χ2n) is 2.53. The Balaban J connectivity index is 2.96. The zero-order valence-corrected chi connectivity index (χ0v) is 7.72. The summed E-state index contributed by atoms with van der Waals surface area (Å²) in [5, 5.41) is 0. The van der Waals surface area contributed by atoms with E-state index in [-0.39, 0.29) is 18.9 Å². The first-order chi connectivity index (χ1) is 6.70. The minimum absolute atomic E-state index is 0.0614. The lowest BCUT2D eigenvalue weighted by Gasteiger charge is -2.09. The summed E-state index contributed by atoms with van der Waals surface area (Å²) in [5.74, 6) is -2.11. The molecule has 5 heteroatoms. The number of halogens is 2. The van der Waals surface area contributed by atoms with Gasteiger partial charge >= 0.3 is 0 Å². The fraction of sp³-hybridized carbons (Fsp3) is 0.333. The topological polar surface area (TPSA) is 44.5 Å². The van der Waals surface area contributed by atoms with Crippen molar-refractivity contribution in [3.8, 4) is 11.5 Å². The van der Waals surface area contributed by atoms with Gasteiger partial charge in [-0.05, 0) is 12.1 Å². The molecular weight excluding hydrogens is 192 g/mol. The molecule has 0 aliphatic rings. The molecule has 0 radical (unpaired) electrons. The van der Waals surface area contributed by atoms with Crippen LogP contribution < -0.4 is 15.2 Å². The van der Waals surface area contributed by atoms with Crippen LogP contribution in [0.5, 0.6) is 11.5 Å². The molecule has 14 heavy (non-hydrogen) atoms. The van der Waals surface area contributed by atoms with Crippen LogP contribution in [0, 0.1) is 11.6 Å². The van der Waals surface area contributed by atoms with Crippen LogP contribution >= 0.6 is 0 Å². The van der Waals surface area contributed by atoms with E-state index in [0.29, 0.717) is 0 Å². The van der Waals surface area contributed by atoms with Gasteiger partial charge in [0.15, 0.2) is 17.3 Å². The predicted octanol–water partition coefficient (Wildman–Crippen LogP) is 1.31. The molecule has 0 spiro atoms. The Labute approximate surface area is 80.4 Å². The smallest absolute Gasteiger partial charge is 0.209 e. The molecule has 1 rings (SSSR count). The molecular formula is C9H11F2NO2. The lowest BCUT2D eigenvalue weighted by molar-refractivity contribution is 0.294. The molecule has 0 unspecified atom stereocenters. The van der Waals surface area contributed by atoms with E-state index >= 15 is 0 Å². The molecule has 0 saturated heterocycles. The van der Waals surface area contributed by atoms with Crippen molar-refractivity contribution >= 4 is 0 Å². The van der Waals surface area contributed by atoms with Gasteiger partial charge < -0.3 is 15.2 Å². The van der Waals surface area contributed by atoms with E-state index in [0.717, 1.165) is 6.07 Å². The molecule has 0 aliphatic heterocycles. The van der Waals surface area contributed by atoms with Crippen molar-refractivity contribution in [3.05, 3.63) is 23.8 Å². The highest BCUT2D eigenvalue weighted by atomic mass is 19.1. The lowest BCUT2D eigenvalue weighted by Crippen LogP contribution is -2.11. The summed E-state index contributed by atoms with van der Waals surface area (Å²) in [6.45, 7) is 0.435. The number of ether oxygens (including phenoxy) is 2. The number of hydrogen-bond donors (Lipinski definition) is 1. The number of hydrogen-bond acceptors (Lipinski definition) is 3. The Morgan fingerprint density at radius 2 is 2.07 bits per heavy atom. The van der Waals surface area contributed by atoms with Gasteiger partial charge in [-0.25, -0.2) is 4.39 Å². The Morgan fingerprint density at radius 3 is 2.64 bits per heavy atom. The highest BCUT2D eigenvalue weighted by Crippen LogP contribution is 2.28. The van der Waals surface area contributed by atoms with Crippen LogP contribution in [0.2, 0.25) is 0 Å². The Morgan fingerprint density at radius 1 is 1.36 bits per heavy atom. The van der Waals surface area contributed by atoms with Gasteiger partial charge in [-0.3, -0.25) is 0 Å². The molecule has 0 aliphatic carbocycles. The lowest BCUT2D eigenvalue weighted by atomic mass is 10.3. The molecule has 3 nitrogen and oxygen atoms in total. The molecule has 0 atom stereocenters. The van der Waals surface area contributed by atoms with E-state index < -0.39 is 17.4 Å². The molecule has 0 fully saturated rings. The first-order valence-electron chi connectivity index (χ1n) is 4.05. The van der Waals surface area contributed by atoms with E-state index in [1.807, 2.05) is 0 Å². The Hall–Kier alpha value is -1.36. The molecule has 0 heterocycles. The van der Waals surface area contributed by atoms with Crippen molar-refractivity contribution in [2.24, 2.45) is 5.73 Å². The predicted molar refractivity (Wildman–Crippen MR) is 47.5 cm³/mol. The maximum absolute atomic E-state index is 13.3. The van der Waals surface area contributed by atoms with Crippen LogP contribution in [0.15, 0.2) is 12.1 Å². The maximum atomic E-state index is 13.3. The standard InChI is InChI=1S/C9H11F2NO2/c1-13-9-6(10)2-3-7(8(9)11)14-5-4-12/h2-3H,4-5,12H2,1H3. The average Bonchev–Trinajstić information content (AvgIpc) is 2.18. The summed E-state index contributed by atoms with van der Waals surface area (Å²) in [4.78, 5) is 0. The monoisotopic (exact) mass is 203 g/mol. The van der Waals surface area contributed by atoms with Gasteiger partial charge in [0.2, 0.25) is 5.82 Å². The fourth-order valence-electron chi connectivity index (χ4n) is 0.982. The van der Waals surface area contributed by atoms with Crippen molar-refractivity contribution in [1.82, 2.24) is 0 Å². The molecule has 1 aromatic carbocycles. The van der Waals surface area contributed by atoms with E-state index in [9.17, 15) is 8.78 Å². The first kappa shape index (κ1) is 10.7. The highest BCUT2D eigenvalue weighted by Gasteiger charge is 2.14. The van der Waals surface area contributed by atoms with Gasteiger partial charge in [0, 0.05) is 6.54 Å². The van der Waals surface area contributed by atoms with Gasteiger partial charge in [0.25, 0.3) is 0 Å². The minimum atomic E-state index is -0.846. The minimum Gasteiger partial charge on any atom is -0.491 e. The summed E-state index contributed by atoms with van der Waals surface area (Å²) in [6, 6.07) is 2.27.